The molecule has 1 aromatic heterocycles. The van der Waals surface area contributed by atoms with Crippen LogP contribution in [0, 0.1) is 5.82 Å². The van der Waals surface area contributed by atoms with Gasteiger partial charge in [-0.1, -0.05) is 24.3 Å². The molecule has 1 aliphatic rings. The van der Waals surface area contributed by atoms with Crippen LogP contribution in [0.5, 0.6) is 5.75 Å². The highest BCUT2D eigenvalue weighted by molar-refractivity contribution is 6.06. The molecule has 0 saturated carbocycles. The van der Waals surface area contributed by atoms with Crippen molar-refractivity contribution in [3.63, 3.8) is 0 Å². The maximum Gasteiger partial charge on any atom is 0.349 e. The van der Waals surface area contributed by atoms with Crippen LogP contribution in [0.3, 0.4) is 0 Å². The third-order valence-corrected chi connectivity index (χ3v) is 4.10. The van der Waals surface area contributed by atoms with Crippen LogP contribution in [0.15, 0.2) is 62.8 Å². The SMILES string of the molecule is O=c1oc2ccccc2c(O)c1C1=NNC(c2ccc(F)cc2)C1. The maximum absolute atomic E-state index is 13.0. The van der Waals surface area contributed by atoms with Crippen LogP contribution in [-0.4, -0.2) is 10.8 Å². The molecule has 6 heteroatoms. The van der Waals surface area contributed by atoms with Crippen LogP contribution in [-0.2, 0) is 0 Å². The van der Waals surface area contributed by atoms with Gasteiger partial charge in [0, 0.05) is 6.42 Å². The quantitative estimate of drug-likeness (QED) is 0.710. The molecule has 5 nitrogen and oxygen atoms in total. The minimum atomic E-state index is -0.633. The maximum atomic E-state index is 13.0. The van der Waals surface area contributed by atoms with Crippen LogP contribution in [0.1, 0.15) is 23.6 Å². The van der Waals surface area contributed by atoms with Gasteiger partial charge in [-0.2, -0.15) is 5.10 Å². The molecule has 0 fully saturated rings. The largest absolute Gasteiger partial charge is 0.506 e. The van der Waals surface area contributed by atoms with Crippen molar-refractivity contribution in [1.82, 2.24) is 5.43 Å². The van der Waals surface area contributed by atoms with E-state index >= 15 is 0 Å². The lowest BCUT2D eigenvalue weighted by atomic mass is 9.99. The fourth-order valence-electron chi connectivity index (χ4n) is 2.87. The van der Waals surface area contributed by atoms with Crippen LogP contribution in [0.25, 0.3) is 11.0 Å². The summed E-state index contributed by atoms with van der Waals surface area (Å²) in [5.74, 6) is -0.451. The lowest BCUT2D eigenvalue weighted by Crippen LogP contribution is -2.15. The first kappa shape index (κ1) is 14.4. The number of rotatable bonds is 2. The highest BCUT2D eigenvalue weighted by Gasteiger charge is 2.27. The summed E-state index contributed by atoms with van der Waals surface area (Å²) in [5.41, 5.74) is 3.93. The number of fused-ring (bicyclic) bond motifs is 1. The fraction of sp³-hybridized carbons (Fsp3) is 0.111. The zero-order valence-electron chi connectivity index (χ0n) is 12.5. The number of nitrogens with one attached hydrogen (secondary N) is 1. The first-order valence-electron chi connectivity index (χ1n) is 7.46. The van der Waals surface area contributed by atoms with Crippen LogP contribution < -0.4 is 11.1 Å². The van der Waals surface area contributed by atoms with Gasteiger partial charge in [0.1, 0.15) is 22.7 Å². The molecule has 1 aliphatic heterocycles. The van der Waals surface area contributed by atoms with E-state index in [9.17, 15) is 14.3 Å². The number of hydrazone groups is 1. The molecule has 3 aromatic rings. The van der Waals surface area contributed by atoms with Gasteiger partial charge in [-0.25, -0.2) is 9.18 Å². The summed E-state index contributed by atoms with van der Waals surface area (Å²) in [4.78, 5) is 12.2. The zero-order chi connectivity index (χ0) is 16.7. The molecule has 2 aromatic carbocycles. The highest BCUT2D eigenvalue weighted by atomic mass is 19.1. The summed E-state index contributed by atoms with van der Waals surface area (Å²) in [5, 5.41) is 15.1. The Bertz CT molecular complexity index is 1010. The number of hydrogen-bond acceptors (Lipinski definition) is 5. The third-order valence-electron chi connectivity index (χ3n) is 4.10. The lowest BCUT2D eigenvalue weighted by Gasteiger charge is -2.10. The number of halogens is 1. The molecule has 2 N–H and O–H groups in total. The Morgan fingerprint density at radius 1 is 1.17 bits per heavy atom. The number of aromatic hydroxyl groups is 1. The van der Waals surface area contributed by atoms with Gasteiger partial charge in [-0.15, -0.1) is 0 Å². The van der Waals surface area contributed by atoms with Gasteiger partial charge in [-0.3, -0.25) is 0 Å². The Kier molecular flexibility index (Phi) is 3.30. The van der Waals surface area contributed by atoms with Crippen molar-refractivity contribution in [2.75, 3.05) is 0 Å². The smallest absolute Gasteiger partial charge is 0.349 e. The van der Waals surface area contributed by atoms with Gasteiger partial charge in [-0.05, 0) is 29.8 Å². The summed E-state index contributed by atoms with van der Waals surface area (Å²) in [7, 11) is 0. The molecule has 24 heavy (non-hydrogen) atoms. The zero-order valence-corrected chi connectivity index (χ0v) is 12.5. The molecule has 0 saturated heterocycles. The Labute approximate surface area is 136 Å². The number of benzene rings is 2. The predicted octanol–water partition coefficient (Wildman–Crippen LogP) is 3.08. The van der Waals surface area contributed by atoms with E-state index in [1.165, 1.54) is 12.1 Å². The minimum Gasteiger partial charge on any atom is -0.506 e. The van der Waals surface area contributed by atoms with Crippen molar-refractivity contribution in [1.29, 1.82) is 0 Å². The molecular weight excluding hydrogens is 311 g/mol. The Morgan fingerprint density at radius 3 is 2.71 bits per heavy atom. The van der Waals surface area contributed by atoms with E-state index in [1.807, 2.05) is 0 Å². The van der Waals surface area contributed by atoms with E-state index in [0.717, 1.165) is 5.56 Å². The molecule has 120 valence electrons. The highest BCUT2D eigenvalue weighted by Crippen LogP contribution is 2.31. The third kappa shape index (κ3) is 2.32. The molecule has 0 amide bonds. The topological polar surface area (TPSA) is 74.8 Å². The monoisotopic (exact) mass is 324 g/mol. The minimum absolute atomic E-state index is 0.0609. The summed E-state index contributed by atoms with van der Waals surface area (Å²) in [6, 6.07) is 12.7. The van der Waals surface area contributed by atoms with Crippen molar-refractivity contribution >= 4 is 16.7 Å². The Morgan fingerprint density at radius 2 is 1.92 bits per heavy atom. The lowest BCUT2D eigenvalue weighted by molar-refractivity contribution is 0.466. The summed E-state index contributed by atoms with van der Waals surface area (Å²) < 4.78 is 18.3. The Balaban J connectivity index is 1.71. The second-order valence-electron chi connectivity index (χ2n) is 5.61. The average molecular weight is 324 g/mol. The van der Waals surface area contributed by atoms with E-state index in [-0.39, 0.29) is 23.2 Å². The predicted molar refractivity (Wildman–Crippen MR) is 87.6 cm³/mol. The molecule has 2 heterocycles. The summed E-state index contributed by atoms with van der Waals surface area (Å²) >= 11 is 0. The van der Waals surface area contributed by atoms with Gasteiger partial charge in [0.2, 0.25) is 0 Å². The molecule has 0 radical (unpaired) electrons. The molecule has 0 spiro atoms. The number of hydrogen-bond donors (Lipinski definition) is 2. The number of nitrogens with zero attached hydrogens (tertiary/aromatic N) is 1. The van der Waals surface area contributed by atoms with Gasteiger partial charge < -0.3 is 14.9 Å². The molecular formula is C18H13FN2O3. The average Bonchev–Trinajstić information content (AvgIpc) is 3.05. The van der Waals surface area contributed by atoms with Crippen molar-refractivity contribution in [3.05, 3.63) is 75.9 Å². The first-order chi connectivity index (χ1) is 11.6. The van der Waals surface area contributed by atoms with Crippen LogP contribution >= 0.6 is 0 Å². The van der Waals surface area contributed by atoms with Gasteiger partial charge in [0.05, 0.1) is 17.1 Å². The summed E-state index contributed by atoms with van der Waals surface area (Å²) in [6.07, 6.45) is 0.391. The molecule has 1 atom stereocenters. The van der Waals surface area contributed by atoms with Gasteiger partial charge in [0.15, 0.2) is 0 Å². The van der Waals surface area contributed by atoms with E-state index < -0.39 is 5.63 Å². The van der Waals surface area contributed by atoms with Crippen molar-refractivity contribution in [3.8, 4) is 5.75 Å². The molecule has 4 rings (SSSR count). The number of para-hydroxylation sites is 1. The first-order valence-corrected chi connectivity index (χ1v) is 7.46. The normalized spacial score (nSPS) is 16.9. The summed E-state index contributed by atoms with van der Waals surface area (Å²) in [6.45, 7) is 0. The van der Waals surface area contributed by atoms with E-state index in [4.69, 9.17) is 4.42 Å². The molecule has 0 bridgehead atoms. The second kappa shape index (κ2) is 5.49. The van der Waals surface area contributed by atoms with E-state index in [1.54, 1.807) is 36.4 Å². The van der Waals surface area contributed by atoms with Gasteiger partial charge >= 0.3 is 5.63 Å². The van der Waals surface area contributed by atoms with Crippen molar-refractivity contribution in [2.45, 2.75) is 12.5 Å². The van der Waals surface area contributed by atoms with E-state index in [2.05, 4.69) is 10.5 Å². The van der Waals surface area contributed by atoms with E-state index in [0.29, 0.717) is 23.1 Å². The second-order valence-corrected chi connectivity index (χ2v) is 5.61. The standard InChI is InChI=1S/C18H13FN2O3/c19-11-7-5-10(6-8-11)13-9-14(21-20-13)16-17(22)12-3-1-2-4-15(12)24-18(16)23/h1-8,13,20,22H,9H2. The Hall–Kier alpha value is -3.15. The fourth-order valence-corrected chi connectivity index (χ4v) is 2.87. The van der Waals surface area contributed by atoms with Crippen LogP contribution in [0.2, 0.25) is 0 Å². The molecule has 0 aliphatic carbocycles. The van der Waals surface area contributed by atoms with Crippen molar-refractivity contribution < 1.29 is 13.9 Å². The van der Waals surface area contributed by atoms with Crippen molar-refractivity contribution in [2.24, 2.45) is 5.10 Å². The molecule has 1 unspecified atom stereocenters. The van der Waals surface area contributed by atoms with Crippen LogP contribution in [0.4, 0.5) is 4.39 Å². The van der Waals surface area contributed by atoms with Gasteiger partial charge in [0.25, 0.3) is 0 Å².